The summed E-state index contributed by atoms with van der Waals surface area (Å²) in [5, 5.41) is 0. The van der Waals surface area contributed by atoms with Crippen LogP contribution < -0.4 is 9.62 Å². The Balaban J connectivity index is 1.11. The van der Waals surface area contributed by atoms with Crippen molar-refractivity contribution in [2.45, 2.75) is 23.8 Å². The predicted molar refractivity (Wildman–Crippen MR) is 124 cm³/mol. The number of nitrogens with zero attached hydrogens (tertiary/aromatic N) is 5. The van der Waals surface area contributed by atoms with Crippen molar-refractivity contribution in [2.75, 3.05) is 57.3 Å². The summed E-state index contributed by atoms with van der Waals surface area (Å²) >= 11 is 0. The zero-order valence-corrected chi connectivity index (χ0v) is 19.2. The Hall–Kier alpha value is -2.07. The molecule has 0 saturated carbocycles. The van der Waals surface area contributed by atoms with Crippen molar-refractivity contribution in [3.63, 3.8) is 0 Å². The number of hydrogen-bond donors (Lipinski definition) is 1. The Kier molecular flexibility index (Phi) is 6.41. The lowest BCUT2D eigenvalue weighted by Crippen LogP contribution is -2.59. The largest absolute Gasteiger partial charge is 0.338 e. The molecule has 4 fully saturated rings. The number of anilines is 1. The number of aromatic nitrogens is 2. The molecular weight excluding hydrogens is 424 g/mol. The van der Waals surface area contributed by atoms with Crippen LogP contribution in [0, 0.1) is 11.8 Å². The number of piperidine rings is 3. The van der Waals surface area contributed by atoms with Crippen molar-refractivity contribution < 1.29 is 8.42 Å². The zero-order chi connectivity index (χ0) is 22.0. The first-order valence-electron chi connectivity index (χ1n) is 11.6. The normalized spacial score (nSPS) is 28.7. The summed E-state index contributed by atoms with van der Waals surface area (Å²) < 4.78 is 28.0. The highest BCUT2D eigenvalue weighted by Crippen LogP contribution is 2.36. The number of piperazine rings is 1. The molecule has 4 saturated heterocycles. The van der Waals surface area contributed by atoms with Gasteiger partial charge in [-0.1, -0.05) is 18.2 Å². The number of rotatable bonds is 7. The highest BCUT2D eigenvalue weighted by Gasteiger charge is 2.41. The quantitative estimate of drug-likeness (QED) is 0.672. The number of hydrogen-bond acceptors (Lipinski definition) is 7. The summed E-state index contributed by atoms with van der Waals surface area (Å²) in [5.41, 5.74) is 0. The van der Waals surface area contributed by atoms with E-state index in [0.717, 1.165) is 58.2 Å². The lowest BCUT2D eigenvalue weighted by molar-refractivity contribution is -0.0108. The first-order valence-corrected chi connectivity index (χ1v) is 13.1. The second kappa shape index (κ2) is 9.43. The Morgan fingerprint density at radius 1 is 0.969 bits per heavy atom. The molecule has 6 rings (SSSR count). The van der Waals surface area contributed by atoms with Gasteiger partial charge in [-0.25, -0.2) is 23.1 Å². The molecule has 1 aromatic heterocycles. The van der Waals surface area contributed by atoms with Crippen LogP contribution in [0.5, 0.6) is 0 Å². The minimum atomic E-state index is -3.44. The van der Waals surface area contributed by atoms with E-state index in [1.807, 2.05) is 12.1 Å². The first kappa shape index (κ1) is 21.8. The minimum Gasteiger partial charge on any atom is -0.338 e. The molecule has 0 aliphatic carbocycles. The smallest absolute Gasteiger partial charge is 0.240 e. The number of benzene rings is 1. The van der Waals surface area contributed by atoms with Gasteiger partial charge in [0.2, 0.25) is 16.0 Å². The maximum Gasteiger partial charge on any atom is 0.240 e. The van der Waals surface area contributed by atoms with Gasteiger partial charge in [0.15, 0.2) is 0 Å². The van der Waals surface area contributed by atoms with Gasteiger partial charge in [-0.15, -0.1) is 0 Å². The third-order valence-corrected chi connectivity index (χ3v) is 8.72. The lowest BCUT2D eigenvalue weighted by Gasteiger charge is -2.51. The van der Waals surface area contributed by atoms with Gasteiger partial charge < -0.3 is 4.90 Å². The molecule has 1 N–H and O–H groups in total. The summed E-state index contributed by atoms with van der Waals surface area (Å²) in [5.74, 6) is 2.18. The van der Waals surface area contributed by atoms with E-state index in [2.05, 4.69) is 29.4 Å². The molecule has 4 aliphatic heterocycles. The highest BCUT2D eigenvalue weighted by molar-refractivity contribution is 7.89. The van der Waals surface area contributed by atoms with Gasteiger partial charge >= 0.3 is 0 Å². The van der Waals surface area contributed by atoms with Crippen LogP contribution >= 0.6 is 0 Å². The van der Waals surface area contributed by atoms with Crippen LogP contribution in [-0.2, 0) is 10.0 Å². The fourth-order valence-electron chi connectivity index (χ4n) is 5.47. The average molecular weight is 457 g/mol. The first-order chi connectivity index (χ1) is 15.6. The van der Waals surface area contributed by atoms with Crippen LogP contribution in [0.15, 0.2) is 53.7 Å². The van der Waals surface area contributed by atoms with Crippen LogP contribution in [0.2, 0.25) is 0 Å². The Morgan fingerprint density at radius 3 is 2.41 bits per heavy atom. The van der Waals surface area contributed by atoms with Crippen LogP contribution in [0.3, 0.4) is 0 Å². The summed E-state index contributed by atoms with van der Waals surface area (Å²) in [6, 6.07) is 10.8. The third-order valence-electron chi connectivity index (χ3n) is 7.28. The van der Waals surface area contributed by atoms with E-state index in [0.29, 0.717) is 29.3 Å². The molecule has 9 heteroatoms. The average Bonchev–Trinajstić information content (AvgIpc) is 2.85. The van der Waals surface area contributed by atoms with Gasteiger partial charge in [-0.05, 0) is 49.4 Å². The number of nitrogens with one attached hydrogen (secondary N) is 1. The van der Waals surface area contributed by atoms with E-state index in [9.17, 15) is 8.42 Å². The predicted octanol–water partition coefficient (Wildman–Crippen LogP) is 1.29. The zero-order valence-electron chi connectivity index (χ0n) is 18.4. The summed E-state index contributed by atoms with van der Waals surface area (Å²) in [6.07, 6.45) is 5.92. The van der Waals surface area contributed by atoms with E-state index in [1.54, 1.807) is 36.7 Å². The van der Waals surface area contributed by atoms with E-state index >= 15 is 0 Å². The molecule has 0 radical (unpaired) electrons. The number of fused-ring (bicyclic) bond motifs is 3. The summed E-state index contributed by atoms with van der Waals surface area (Å²) in [7, 11) is -3.44. The molecule has 5 heterocycles. The van der Waals surface area contributed by atoms with Crippen LogP contribution in [0.4, 0.5) is 5.95 Å². The van der Waals surface area contributed by atoms with Crippen molar-refractivity contribution in [1.82, 2.24) is 24.5 Å². The molecule has 1 aromatic carbocycles. The summed E-state index contributed by atoms with van der Waals surface area (Å²) in [6.45, 7) is 7.80. The number of sulfonamides is 1. The Bertz CT molecular complexity index is 982. The molecule has 1 unspecified atom stereocenters. The van der Waals surface area contributed by atoms with Crippen molar-refractivity contribution in [3.05, 3.63) is 48.8 Å². The van der Waals surface area contributed by atoms with Crippen LogP contribution in [0.25, 0.3) is 0 Å². The van der Waals surface area contributed by atoms with Gasteiger partial charge in [0, 0.05) is 64.2 Å². The summed E-state index contributed by atoms with van der Waals surface area (Å²) in [4.78, 5) is 16.5. The van der Waals surface area contributed by atoms with Crippen LogP contribution in [0.1, 0.15) is 12.8 Å². The van der Waals surface area contributed by atoms with Crippen molar-refractivity contribution in [1.29, 1.82) is 0 Å². The molecule has 172 valence electrons. The second-order valence-electron chi connectivity index (χ2n) is 9.19. The molecular formula is C23H32N6O2S. The maximum atomic E-state index is 12.6. The molecule has 0 spiro atoms. The van der Waals surface area contributed by atoms with Crippen molar-refractivity contribution in [3.8, 4) is 0 Å². The second-order valence-corrected chi connectivity index (χ2v) is 11.0. The van der Waals surface area contributed by atoms with Crippen LogP contribution in [-0.4, -0.2) is 86.6 Å². The van der Waals surface area contributed by atoms with Crippen molar-refractivity contribution >= 4 is 16.0 Å². The molecule has 0 amide bonds. The molecule has 8 nitrogen and oxygen atoms in total. The van der Waals surface area contributed by atoms with E-state index in [1.165, 1.54) is 6.42 Å². The fourth-order valence-corrected chi connectivity index (χ4v) is 6.57. The minimum absolute atomic E-state index is 0.301. The van der Waals surface area contributed by atoms with Crippen molar-refractivity contribution in [2.24, 2.45) is 11.8 Å². The fraction of sp³-hybridized carbons (Fsp3) is 0.565. The Labute approximate surface area is 190 Å². The van der Waals surface area contributed by atoms with E-state index < -0.39 is 10.0 Å². The Morgan fingerprint density at radius 2 is 1.72 bits per heavy atom. The molecule has 4 atom stereocenters. The topological polar surface area (TPSA) is 81.7 Å². The van der Waals surface area contributed by atoms with E-state index in [4.69, 9.17) is 0 Å². The molecule has 4 aliphatic rings. The molecule has 32 heavy (non-hydrogen) atoms. The SMILES string of the molecule is O=S(=O)(NC[C@H]1C[C@@H]2CCN1C[C@@H]2CN1CCN(c2ncccn2)CC1)c1ccccc1. The molecule has 2 aromatic rings. The van der Waals surface area contributed by atoms with Gasteiger partial charge in [-0.2, -0.15) is 0 Å². The van der Waals surface area contributed by atoms with Gasteiger partial charge in [0.1, 0.15) is 0 Å². The molecule has 2 bridgehead atoms. The van der Waals surface area contributed by atoms with Gasteiger partial charge in [0.05, 0.1) is 4.90 Å². The highest BCUT2D eigenvalue weighted by atomic mass is 32.2. The lowest BCUT2D eigenvalue weighted by atomic mass is 9.75. The van der Waals surface area contributed by atoms with Gasteiger partial charge in [-0.3, -0.25) is 9.80 Å². The maximum absolute atomic E-state index is 12.6. The van der Waals surface area contributed by atoms with Gasteiger partial charge in [0.25, 0.3) is 0 Å². The standard InChI is InChI=1S/C23H32N6O2S/c30-32(31,22-5-2-1-3-6-22)26-16-21-15-19-7-10-29(21)18-20(19)17-27-11-13-28(14-12-27)23-24-8-4-9-25-23/h1-6,8-9,19-21,26H,7,10-18H2/t19-,20-,21+/m0/s1. The van der Waals surface area contributed by atoms with E-state index in [-0.39, 0.29) is 0 Å². The third kappa shape index (κ3) is 4.80. The monoisotopic (exact) mass is 456 g/mol.